The Kier molecular flexibility index (Phi) is 4.60. The zero-order chi connectivity index (χ0) is 14.8. The Labute approximate surface area is 127 Å². The van der Waals surface area contributed by atoms with Gasteiger partial charge in [-0.2, -0.15) is 0 Å². The fraction of sp³-hybridized carbons (Fsp3) is 0.667. The Morgan fingerprint density at radius 1 is 1.05 bits per heavy atom. The molecular weight excluding hydrogens is 263 g/mol. The quantitative estimate of drug-likeness (QED) is 0.912. The van der Waals surface area contributed by atoms with E-state index in [4.69, 9.17) is 0 Å². The number of benzene rings is 1. The smallest absolute Gasteiger partial charge is 0.123 e. The topological polar surface area (TPSA) is 15.3 Å². The van der Waals surface area contributed by atoms with E-state index >= 15 is 0 Å². The van der Waals surface area contributed by atoms with Crippen molar-refractivity contribution >= 4 is 0 Å². The van der Waals surface area contributed by atoms with Gasteiger partial charge in [0.05, 0.1) is 0 Å². The molecule has 116 valence electrons. The molecule has 0 bridgehead atoms. The number of likely N-dealkylation sites (tertiary alicyclic amines) is 1. The highest BCUT2D eigenvalue weighted by molar-refractivity contribution is 5.23. The first-order valence-corrected chi connectivity index (χ1v) is 8.37. The molecule has 3 heteroatoms. The third-order valence-corrected chi connectivity index (χ3v) is 5.21. The van der Waals surface area contributed by atoms with Gasteiger partial charge >= 0.3 is 0 Å². The van der Waals surface area contributed by atoms with Crippen LogP contribution >= 0.6 is 0 Å². The van der Waals surface area contributed by atoms with Crippen LogP contribution < -0.4 is 5.32 Å². The molecule has 2 aliphatic rings. The predicted octanol–water partition coefficient (Wildman–Crippen LogP) is 3.53. The Morgan fingerprint density at radius 2 is 1.67 bits per heavy atom. The molecule has 3 rings (SSSR count). The van der Waals surface area contributed by atoms with Gasteiger partial charge in [0.2, 0.25) is 0 Å². The van der Waals surface area contributed by atoms with Crippen LogP contribution in [0.2, 0.25) is 0 Å². The second kappa shape index (κ2) is 6.45. The zero-order valence-corrected chi connectivity index (χ0v) is 13.2. The van der Waals surface area contributed by atoms with Crippen LogP contribution in [-0.2, 0) is 0 Å². The first-order valence-electron chi connectivity index (χ1n) is 8.37. The van der Waals surface area contributed by atoms with Gasteiger partial charge < -0.3 is 10.2 Å². The summed E-state index contributed by atoms with van der Waals surface area (Å²) in [6.07, 6.45) is 4.96. The summed E-state index contributed by atoms with van der Waals surface area (Å²) in [4.78, 5) is 2.57. The lowest BCUT2D eigenvalue weighted by atomic mass is 9.75. The first-order chi connectivity index (χ1) is 10.1. The molecule has 1 N–H and O–H groups in total. The van der Waals surface area contributed by atoms with Gasteiger partial charge in [-0.25, -0.2) is 4.39 Å². The number of rotatable bonds is 4. The van der Waals surface area contributed by atoms with Crippen molar-refractivity contribution in [2.75, 3.05) is 13.1 Å². The zero-order valence-electron chi connectivity index (χ0n) is 13.2. The van der Waals surface area contributed by atoms with E-state index in [9.17, 15) is 4.39 Å². The lowest BCUT2D eigenvalue weighted by molar-refractivity contribution is 0.144. The van der Waals surface area contributed by atoms with Gasteiger partial charge in [0.1, 0.15) is 5.82 Å². The Balaban J connectivity index is 1.40. The maximum atomic E-state index is 12.9. The van der Waals surface area contributed by atoms with Crippen LogP contribution in [0.1, 0.15) is 51.0 Å². The first kappa shape index (κ1) is 15.0. The van der Waals surface area contributed by atoms with Gasteiger partial charge in [0, 0.05) is 18.1 Å². The Hall–Kier alpha value is -0.930. The summed E-state index contributed by atoms with van der Waals surface area (Å²) in [5, 5.41) is 3.83. The van der Waals surface area contributed by atoms with Gasteiger partial charge in [-0.3, -0.25) is 0 Å². The normalized spacial score (nSPS) is 27.8. The minimum atomic E-state index is -0.135. The molecular formula is C18H27FN2. The number of nitrogens with one attached hydrogen (secondary N) is 1. The van der Waals surface area contributed by atoms with Crippen LogP contribution in [0.3, 0.4) is 0 Å². The van der Waals surface area contributed by atoms with E-state index in [2.05, 4.69) is 24.1 Å². The highest BCUT2D eigenvalue weighted by Crippen LogP contribution is 2.37. The molecule has 1 saturated heterocycles. The van der Waals surface area contributed by atoms with Gasteiger partial charge in [-0.05, 0) is 76.2 Å². The molecule has 0 radical (unpaired) electrons. The van der Waals surface area contributed by atoms with Gasteiger partial charge in [0.25, 0.3) is 0 Å². The third-order valence-electron chi connectivity index (χ3n) is 5.21. The number of halogens is 1. The van der Waals surface area contributed by atoms with E-state index < -0.39 is 0 Å². The van der Waals surface area contributed by atoms with E-state index in [1.54, 1.807) is 12.1 Å². The second-order valence-electron chi connectivity index (χ2n) is 6.99. The maximum absolute atomic E-state index is 12.9. The Morgan fingerprint density at radius 3 is 2.24 bits per heavy atom. The van der Waals surface area contributed by atoms with Gasteiger partial charge in [-0.15, -0.1) is 0 Å². The number of nitrogens with zero attached hydrogens (tertiary/aromatic N) is 1. The summed E-state index contributed by atoms with van der Waals surface area (Å²) in [6, 6.07) is 9.08. The summed E-state index contributed by atoms with van der Waals surface area (Å²) in [5.74, 6) is 0.489. The van der Waals surface area contributed by atoms with Crippen LogP contribution in [0, 0.1) is 5.82 Å². The van der Waals surface area contributed by atoms with Crippen molar-refractivity contribution in [1.82, 2.24) is 10.2 Å². The number of hydrogen-bond acceptors (Lipinski definition) is 2. The molecule has 1 aromatic rings. The SMILES string of the molecule is CC(C)N1CCC(NC2CC(c3ccc(F)cc3)C2)CC1. The molecule has 0 amide bonds. The van der Waals surface area contributed by atoms with E-state index in [-0.39, 0.29) is 5.82 Å². The minimum Gasteiger partial charge on any atom is -0.311 e. The van der Waals surface area contributed by atoms with Crippen LogP contribution in [0.15, 0.2) is 24.3 Å². The highest BCUT2D eigenvalue weighted by atomic mass is 19.1. The van der Waals surface area contributed by atoms with Crippen molar-refractivity contribution in [1.29, 1.82) is 0 Å². The van der Waals surface area contributed by atoms with E-state index in [1.807, 2.05) is 12.1 Å². The summed E-state index contributed by atoms with van der Waals surface area (Å²) >= 11 is 0. The molecule has 1 saturated carbocycles. The Bertz CT molecular complexity index is 443. The molecule has 0 atom stereocenters. The van der Waals surface area contributed by atoms with Crippen molar-refractivity contribution in [3.8, 4) is 0 Å². The lowest BCUT2D eigenvalue weighted by Gasteiger charge is -2.42. The van der Waals surface area contributed by atoms with Crippen LogP contribution in [0.5, 0.6) is 0 Å². The highest BCUT2D eigenvalue weighted by Gasteiger charge is 2.32. The number of hydrogen-bond donors (Lipinski definition) is 1. The average molecular weight is 290 g/mol. The van der Waals surface area contributed by atoms with Gasteiger partial charge in [-0.1, -0.05) is 12.1 Å². The summed E-state index contributed by atoms with van der Waals surface area (Å²) < 4.78 is 12.9. The predicted molar refractivity (Wildman–Crippen MR) is 85.0 cm³/mol. The van der Waals surface area contributed by atoms with E-state index in [0.29, 0.717) is 24.0 Å². The molecule has 1 heterocycles. The van der Waals surface area contributed by atoms with Crippen molar-refractivity contribution in [3.63, 3.8) is 0 Å². The number of piperidine rings is 1. The third kappa shape index (κ3) is 3.64. The molecule has 1 aromatic carbocycles. The summed E-state index contributed by atoms with van der Waals surface area (Å²) in [5.41, 5.74) is 1.30. The molecule has 0 spiro atoms. The van der Waals surface area contributed by atoms with Crippen molar-refractivity contribution in [3.05, 3.63) is 35.6 Å². The van der Waals surface area contributed by atoms with E-state index in [1.165, 1.54) is 44.3 Å². The molecule has 2 nitrogen and oxygen atoms in total. The molecule has 2 fully saturated rings. The fourth-order valence-corrected chi connectivity index (χ4v) is 3.68. The summed E-state index contributed by atoms with van der Waals surface area (Å²) in [7, 11) is 0. The van der Waals surface area contributed by atoms with Crippen molar-refractivity contribution < 1.29 is 4.39 Å². The monoisotopic (exact) mass is 290 g/mol. The standard InChI is InChI=1S/C18H27FN2/c1-13(2)21-9-7-17(8-10-21)20-18-11-15(12-18)14-3-5-16(19)6-4-14/h3-6,13,15,17-18,20H,7-12H2,1-2H3. The van der Waals surface area contributed by atoms with E-state index in [0.717, 1.165) is 0 Å². The molecule has 21 heavy (non-hydrogen) atoms. The minimum absolute atomic E-state index is 0.135. The molecule has 1 aliphatic heterocycles. The van der Waals surface area contributed by atoms with Crippen molar-refractivity contribution in [2.45, 2.75) is 63.6 Å². The lowest BCUT2D eigenvalue weighted by Crippen LogP contribution is -2.50. The van der Waals surface area contributed by atoms with Crippen LogP contribution in [0.4, 0.5) is 4.39 Å². The van der Waals surface area contributed by atoms with Crippen LogP contribution in [-0.4, -0.2) is 36.1 Å². The molecule has 0 unspecified atom stereocenters. The molecule has 0 aromatic heterocycles. The second-order valence-corrected chi connectivity index (χ2v) is 6.99. The van der Waals surface area contributed by atoms with Gasteiger partial charge in [0.15, 0.2) is 0 Å². The maximum Gasteiger partial charge on any atom is 0.123 e. The summed E-state index contributed by atoms with van der Waals surface area (Å²) in [6.45, 7) is 7.02. The fourth-order valence-electron chi connectivity index (χ4n) is 3.68. The van der Waals surface area contributed by atoms with Crippen LogP contribution in [0.25, 0.3) is 0 Å². The largest absolute Gasteiger partial charge is 0.311 e. The molecule has 1 aliphatic carbocycles. The van der Waals surface area contributed by atoms with Crippen molar-refractivity contribution in [2.24, 2.45) is 0 Å². The average Bonchev–Trinajstić information content (AvgIpc) is 2.44.